The molecule has 2 fully saturated rings. The molecule has 0 aromatic heterocycles. The molecule has 0 bridgehead atoms. The summed E-state index contributed by atoms with van der Waals surface area (Å²) < 4.78 is 13.3. The Balaban J connectivity index is 0.00000161. The van der Waals surface area contributed by atoms with Gasteiger partial charge in [-0.25, -0.2) is 4.39 Å². The fourth-order valence-corrected chi connectivity index (χ4v) is 2.88. The first-order valence-electron chi connectivity index (χ1n) is 7.05. The lowest BCUT2D eigenvalue weighted by Gasteiger charge is -2.19. The zero-order chi connectivity index (χ0) is 14.2. The summed E-state index contributed by atoms with van der Waals surface area (Å²) in [4.78, 5) is 12.4. The molecule has 1 saturated heterocycles. The van der Waals surface area contributed by atoms with Crippen molar-refractivity contribution in [2.24, 2.45) is 5.92 Å². The number of nitrogens with one attached hydrogen (secondary N) is 2. The molecule has 3 N–H and O–H groups in total. The Kier molecular flexibility index (Phi) is 4.86. The molecule has 1 aliphatic heterocycles. The van der Waals surface area contributed by atoms with Gasteiger partial charge in [-0.15, -0.1) is 12.4 Å². The highest BCUT2D eigenvalue weighted by Crippen LogP contribution is 2.48. The van der Waals surface area contributed by atoms with Crippen LogP contribution in [-0.4, -0.2) is 36.8 Å². The maximum atomic E-state index is 13.3. The van der Waals surface area contributed by atoms with E-state index >= 15 is 0 Å². The van der Waals surface area contributed by atoms with Gasteiger partial charge in [-0.2, -0.15) is 0 Å². The van der Waals surface area contributed by atoms with Crippen LogP contribution in [-0.2, 0) is 10.2 Å². The first-order valence-corrected chi connectivity index (χ1v) is 7.05. The second-order valence-electron chi connectivity index (χ2n) is 5.79. The normalized spacial score (nSPS) is 26.0. The fourth-order valence-electron chi connectivity index (χ4n) is 2.88. The van der Waals surface area contributed by atoms with Crippen molar-refractivity contribution >= 4 is 18.3 Å². The van der Waals surface area contributed by atoms with Crippen molar-refractivity contribution in [3.63, 3.8) is 0 Å². The van der Waals surface area contributed by atoms with Gasteiger partial charge >= 0.3 is 0 Å². The van der Waals surface area contributed by atoms with E-state index in [2.05, 4.69) is 10.6 Å². The summed E-state index contributed by atoms with van der Waals surface area (Å²) in [5.74, 6) is -0.304. The Morgan fingerprint density at radius 3 is 2.76 bits per heavy atom. The zero-order valence-corrected chi connectivity index (χ0v) is 12.5. The SMILES string of the molecule is Cl.O=C(NCC1CNCC1O)C1(c2cccc(F)c2)CC1. The van der Waals surface area contributed by atoms with Crippen LogP contribution in [0, 0.1) is 11.7 Å². The van der Waals surface area contributed by atoms with E-state index < -0.39 is 11.5 Å². The van der Waals surface area contributed by atoms with E-state index in [1.807, 2.05) is 6.07 Å². The number of benzene rings is 1. The lowest BCUT2D eigenvalue weighted by atomic mass is 9.94. The maximum Gasteiger partial charge on any atom is 0.230 e. The van der Waals surface area contributed by atoms with Gasteiger partial charge in [-0.05, 0) is 30.5 Å². The average Bonchev–Trinajstić information content (AvgIpc) is 3.15. The summed E-state index contributed by atoms with van der Waals surface area (Å²) in [7, 11) is 0. The van der Waals surface area contributed by atoms with E-state index in [1.165, 1.54) is 12.1 Å². The molecule has 21 heavy (non-hydrogen) atoms. The van der Waals surface area contributed by atoms with Gasteiger partial charge in [0.15, 0.2) is 0 Å². The first-order chi connectivity index (χ1) is 9.62. The van der Waals surface area contributed by atoms with Crippen LogP contribution in [0.3, 0.4) is 0 Å². The molecule has 1 aromatic carbocycles. The van der Waals surface area contributed by atoms with Crippen LogP contribution in [0.5, 0.6) is 0 Å². The predicted octanol–water partition coefficient (Wildman–Crippen LogP) is 0.976. The number of rotatable bonds is 4. The highest BCUT2D eigenvalue weighted by molar-refractivity contribution is 5.91. The molecule has 1 aliphatic carbocycles. The number of aliphatic hydroxyl groups is 1. The number of carbonyl (C=O) groups excluding carboxylic acids is 1. The minimum absolute atomic E-state index is 0. The molecule has 1 aromatic rings. The van der Waals surface area contributed by atoms with Crippen LogP contribution in [0.1, 0.15) is 18.4 Å². The Morgan fingerprint density at radius 1 is 1.43 bits per heavy atom. The van der Waals surface area contributed by atoms with Crippen LogP contribution in [0.15, 0.2) is 24.3 Å². The summed E-state index contributed by atoms with van der Waals surface area (Å²) in [6.07, 6.45) is 1.11. The number of aliphatic hydroxyl groups excluding tert-OH is 1. The molecule has 2 unspecified atom stereocenters. The third-order valence-electron chi connectivity index (χ3n) is 4.39. The third-order valence-corrected chi connectivity index (χ3v) is 4.39. The first kappa shape index (κ1) is 16.2. The smallest absolute Gasteiger partial charge is 0.230 e. The van der Waals surface area contributed by atoms with Gasteiger partial charge in [0.05, 0.1) is 11.5 Å². The summed E-state index contributed by atoms with van der Waals surface area (Å²) in [6.45, 7) is 1.76. The Morgan fingerprint density at radius 2 is 2.19 bits per heavy atom. The molecular formula is C15H20ClFN2O2. The molecule has 2 atom stereocenters. The van der Waals surface area contributed by atoms with E-state index in [9.17, 15) is 14.3 Å². The standard InChI is InChI=1S/C15H19FN2O2.ClH/c16-12-3-1-2-11(6-12)15(4-5-15)14(20)18-8-10-7-17-9-13(10)19;/h1-3,6,10,13,17,19H,4-5,7-9H2,(H,18,20);1H. The topological polar surface area (TPSA) is 61.4 Å². The number of β-amino-alcohol motifs (C(OH)–C–C–N with tert-alkyl or cyclic N) is 1. The summed E-state index contributed by atoms with van der Waals surface area (Å²) >= 11 is 0. The minimum atomic E-state index is -0.556. The van der Waals surface area contributed by atoms with Crippen LogP contribution < -0.4 is 10.6 Å². The Hall–Kier alpha value is -1.17. The summed E-state index contributed by atoms with van der Waals surface area (Å²) in [5.41, 5.74) is 0.194. The summed E-state index contributed by atoms with van der Waals surface area (Å²) in [5, 5.41) is 15.7. The van der Waals surface area contributed by atoms with Gasteiger partial charge in [-0.3, -0.25) is 4.79 Å². The zero-order valence-electron chi connectivity index (χ0n) is 11.6. The minimum Gasteiger partial charge on any atom is -0.391 e. The van der Waals surface area contributed by atoms with E-state index in [1.54, 1.807) is 6.07 Å². The van der Waals surface area contributed by atoms with Crippen molar-refractivity contribution in [3.05, 3.63) is 35.6 Å². The lowest BCUT2D eigenvalue weighted by Crippen LogP contribution is -2.40. The van der Waals surface area contributed by atoms with Crippen molar-refractivity contribution in [2.45, 2.75) is 24.4 Å². The predicted molar refractivity (Wildman–Crippen MR) is 79.9 cm³/mol. The van der Waals surface area contributed by atoms with Crippen molar-refractivity contribution in [1.82, 2.24) is 10.6 Å². The molecule has 0 radical (unpaired) electrons. The average molecular weight is 315 g/mol. The maximum absolute atomic E-state index is 13.3. The van der Waals surface area contributed by atoms with Crippen molar-refractivity contribution in [2.75, 3.05) is 19.6 Å². The van der Waals surface area contributed by atoms with Gasteiger partial charge < -0.3 is 15.7 Å². The van der Waals surface area contributed by atoms with Crippen LogP contribution in [0.4, 0.5) is 4.39 Å². The second-order valence-corrected chi connectivity index (χ2v) is 5.79. The quantitative estimate of drug-likeness (QED) is 0.776. The second kappa shape index (κ2) is 6.30. The molecule has 116 valence electrons. The number of amides is 1. The summed E-state index contributed by atoms with van der Waals surface area (Å²) in [6, 6.07) is 6.28. The molecular weight excluding hydrogens is 295 g/mol. The van der Waals surface area contributed by atoms with E-state index in [0.717, 1.165) is 18.4 Å². The van der Waals surface area contributed by atoms with Gasteiger partial charge in [-0.1, -0.05) is 12.1 Å². The van der Waals surface area contributed by atoms with Gasteiger partial charge in [0.25, 0.3) is 0 Å². The van der Waals surface area contributed by atoms with Crippen LogP contribution >= 0.6 is 12.4 Å². The van der Waals surface area contributed by atoms with Crippen molar-refractivity contribution in [3.8, 4) is 0 Å². The fraction of sp³-hybridized carbons (Fsp3) is 0.533. The van der Waals surface area contributed by atoms with E-state index in [-0.39, 0.29) is 30.0 Å². The van der Waals surface area contributed by atoms with Crippen molar-refractivity contribution < 1.29 is 14.3 Å². The largest absolute Gasteiger partial charge is 0.391 e. The number of hydrogen-bond acceptors (Lipinski definition) is 3. The van der Waals surface area contributed by atoms with Crippen molar-refractivity contribution in [1.29, 1.82) is 0 Å². The highest BCUT2D eigenvalue weighted by atomic mass is 35.5. The Bertz CT molecular complexity index is 522. The molecule has 3 rings (SSSR count). The molecule has 4 nitrogen and oxygen atoms in total. The number of halogens is 2. The number of carbonyl (C=O) groups is 1. The molecule has 1 saturated carbocycles. The monoisotopic (exact) mass is 314 g/mol. The lowest BCUT2D eigenvalue weighted by molar-refractivity contribution is -0.123. The van der Waals surface area contributed by atoms with E-state index in [0.29, 0.717) is 19.6 Å². The molecule has 2 aliphatic rings. The van der Waals surface area contributed by atoms with E-state index in [4.69, 9.17) is 0 Å². The molecule has 1 amide bonds. The molecule has 0 spiro atoms. The number of hydrogen-bond donors (Lipinski definition) is 3. The van der Waals surface area contributed by atoms with Gasteiger partial charge in [0.2, 0.25) is 5.91 Å². The highest BCUT2D eigenvalue weighted by Gasteiger charge is 2.51. The molecule has 1 heterocycles. The van der Waals surface area contributed by atoms with Crippen LogP contribution in [0.25, 0.3) is 0 Å². The third kappa shape index (κ3) is 3.20. The van der Waals surface area contributed by atoms with Gasteiger partial charge in [0.1, 0.15) is 5.82 Å². The van der Waals surface area contributed by atoms with Crippen LogP contribution in [0.2, 0.25) is 0 Å². The van der Waals surface area contributed by atoms with Gasteiger partial charge in [0, 0.05) is 25.6 Å². The Labute approximate surface area is 129 Å². The molecule has 6 heteroatoms.